The van der Waals surface area contributed by atoms with Crippen LogP contribution in [0.2, 0.25) is 5.02 Å². The third kappa shape index (κ3) is 6.98. The van der Waals surface area contributed by atoms with Gasteiger partial charge < -0.3 is 25.2 Å². The minimum atomic E-state index is -0.415. The quantitative estimate of drug-likeness (QED) is 0.308. The summed E-state index contributed by atoms with van der Waals surface area (Å²) in [4.78, 5) is 31.0. The number of likely N-dealkylation sites (N-methyl/N-ethyl adjacent to an activating group) is 2. The summed E-state index contributed by atoms with van der Waals surface area (Å²) in [6.45, 7) is 5.55. The molecule has 1 atom stereocenters. The van der Waals surface area contributed by atoms with Crippen molar-refractivity contribution in [1.82, 2.24) is 14.9 Å². The minimum Gasteiger partial charge on any atom is -0.494 e. The molecule has 12 heteroatoms. The lowest BCUT2D eigenvalue weighted by Gasteiger charge is -2.26. The number of carbonyl (C=O) groups excluding carboxylic acids is 1. The standard InChI is InChI=1S/C28H33ClFN7O3/c1-6-28(38)34-21-14-22(25(39-5)15-24(21)36(4)9-8-35(2)3)33-26-16-27(32-17-31-26)37-23(7-10-40-37)18-11-19(29)13-20(30)12-18/h6,11-17,23H,1,7-10H2,2-5H3,(H,34,38)(H,31,32,33)/t23-/m1/s1. The number of benzene rings is 2. The van der Waals surface area contributed by atoms with Gasteiger partial charge in [0.2, 0.25) is 5.91 Å². The number of hydrogen-bond acceptors (Lipinski definition) is 9. The lowest BCUT2D eigenvalue weighted by Crippen LogP contribution is -2.29. The summed E-state index contributed by atoms with van der Waals surface area (Å²) in [6, 6.07) is 9.51. The maximum absolute atomic E-state index is 14.1. The van der Waals surface area contributed by atoms with Crippen LogP contribution in [0.5, 0.6) is 5.75 Å². The topological polar surface area (TPSA) is 95.1 Å². The molecule has 0 bridgehead atoms. The number of methoxy groups -OCH3 is 1. The number of anilines is 5. The number of ether oxygens (including phenoxy) is 1. The molecule has 4 rings (SSSR count). The van der Waals surface area contributed by atoms with E-state index in [0.29, 0.717) is 52.4 Å². The number of carbonyl (C=O) groups is 1. The molecule has 1 fully saturated rings. The third-order valence-electron chi connectivity index (χ3n) is 6.37. The van der Waals surface area contributed by atoms with E-state index in [0.717, 1.165) is 18.8 Å². The predicted molar refractivity (Wildman–Crippen MR) is 156 cm³/mol. The highest BCUT2D eigenvalue weighted by Crippen LogP contribution is 2.39. The van der Waals surface area contributed by atoms with E-state index < -0.39 is 5.82 Å². The van der Waals surface area contributed by atoms with Crippen LogP contribution in [0.1, 0.15) is 18.0 Å². The first-order valence-corrected chi connectivity index (χ1v) is 13.0. The van der Waals surface area contributed by atoms with E-state index in [9.17, 15) is 9.18 Å². The van der Waals surface area contributed by atoms with Crippen LogP contribution in [0, 0.1) is 5.82 Å². The summed E-state index contributed by atoms with van der Waals surface area (Å²) < 4.78 is 19.7. The lowest BCUT2D eigenvalue weighted by molar-refractivity contribution is -0.111. The molecule has 1 amide bonds. The van der Waals surface area contributed by atoms with Gasteiger partial charge in [0, 0.05) is 43.7 Å². The Kier molecular flexibility index (Phi) is 9.41. The molecule has 2 N–H and O–H groups in total. The van der Waals surface area contributed by atoms with Gasteiger partial charge in [-0.15, -0.1) is 0 Å². The zero-order valence-electron chi connectivity index (χ0n) is 22.9. The molecule has 2 heterocycles. The second-order valence-electron chi connectivity index (χ2n) is 9.54. The number of nitrogens with zero attached hydrogens (tertiary/aromatic N) is 5. The SMILES string of the molecule is C=CC(=O)Nc1cc(Nc2cc(N3OCC[C@@H]3c3cc(F)cc(Cl)c3)ncn2)c(OC)cc1N(C)CCN(C)C. The number of nitrogens with one attached hydrogen (secondary N) is 2. The highest BCUT2D eigenvalue weighted by molar-refractivity contribution is 6.30. The van der Waals surface area contributed by atoms with Crippen LogP contribution < -0.4 is 25.3 Å². The summed E-state index contributed by atoms with van der Waals surface area (Å²) >= 11 is 6.10. The Morgan fingerprint density at radius 2 is 2.00 bits per heavy atom. The van der Waals surface area contributed by atoms with E-state index in [4.69, 9.17) is 21.2 Å². The van der Waals surface area contributed by atoms with Gasteiger partial charge in [0.15, 0.2) is 5.82 Å². The molecule has 1 aromatic heterocycles. The van der Waals surface area contributed by atoms with Crippen molar-refractivity contribution in [2.45, 2.75) is 12.5 Å². The molecule has 1 aliphatic rings. The largest absolute Gasteiger partial charge is 0.494 e. The van der Waals surface area contributed by atoms with E-state index in [1.165, 1.54) is 24.5 Å². The van der Waals surface area contributed by atoms with Crippen LogP contribution in [0.3, 0.4) is 0 Å². The van der Waals surface area contributed by atoms with Gasteiger partial charge >= 0.3 is 0 Å². The average Bonchev–Trinajstić information content (AvgIpc) is 3.42. The summed E-state index contributed by atoms with van der Waals surface area (Å²) in [6.07, 6.45) is 3.26. The van der Waals surface area contributed by atoms with Crippen molar-refractivity contribution >= 4 is 46.2 Å². The first kappa shape index (κ1) is 29.1. The Bertz CT molecular complexity index is 1350. The smallest absolute Gasteiger partial charge is 0.247 e. The van der Waals surface area contributed by atoms with Crippen LogP contribution in [-0.2, 0) is 9.63 Å². The average molecular weight is 570 g/mol. The van der Waals surface area contributed by atoms with Crippen LogP contribution >= 0.6 is 11.6 Å². The Morgan fingerprint density at radius 1 is 1.20 bits per heavy atom. The minimum absolute atomic E-state index is 0.275. The van der Waals surface area contributed by atoms with Gasteiger partial charge in [-0.3, -0.25) is 9.63 Å². The van der Waals surface area contributed by atoms with Crippen LogP contribution in [0.15, 0.2) is 55.4 Å². The number of hydrogen-bond donors (Lipinski definition) is 2. The van der Waals surface area contributed by atoms with Gasteiger partial charge in [0.25, 0.3) is 0 Å². The maximum atomic E-state index is 14.1. The molecule has 40 heavy (non-hydrogen) atoms. The van der Waals surface area contributed by atoms with Gasteiger partial charge in [0.1, 0.15) is 23.7 Å². The van der Waals surface area contributed by atoms with E-state index >= 15 is 0 Å². The van der Waals surface area contributed by atoms with Gasteiger partial charge in [-0.1, -0.05) is 18.2 Å². The number of amides is 1. The summed E-state index contributed by atoms with van der Waals surface area (Å²) in [5.41, 5.74) is 2.63. The Labute approximate surface area is 238 Å². The summed E-state index contributed by atoms with van der Waals surface area (Å²) in [5.74, 6) is 0.747. The van der Waals surface area contributed by atoms with E-state index in [2.05, 4.69) is 32.1 Å². The van der Waals surface area contributed by atoms with Gasteiger partial charge in [-0.2, -0.15) is 0 Å². The van der Waals surface area contributed by atoms with Crippen LogP contribution in [-0.4, -0.2) is 68.7 Å². The molecule has 10 nitrogen and oxygen atoms in total. The number of hydroxylamine groups is 1. The molecule has 212 valence electrons. The molecular formula is C28H33ClFN7O3. The van der Waals surface area contributed by atoms with Gasteiger partial charge in [-0.05, 0) is 50.0 Å². The second-order valence-corrected chi connectivity index (χ2v) is 9.98. The normalized spacial score (nSPS) is 14.8. The van der Waals surface area contributed by atoms with Crippen molar-refractivity contribution in [3.8, 4) is 5.75 Å². The Morgan fingerprint density at radius 3 is 2.70 bits per heavy atom. The summed E-state index contributed by atoms with van der Waals surface area (Å²) in [5, 5.41) is 8.10. The fourth-order valence-corrected chi connectivity index (χ4v) is 4.58. The predicted octanol–water partition coefficient (Wildman–Crippen LogP) is 5.03. The zero-order valence-corrected chi connectivity index (χ0v) is 23.7. The van der Waals surface area contributed by atoms with Crippen molar-refractivity contribution in [2.75, 3.05) is 68.5 Å². The van der Waals surface area contributed by atoms with Crippen molar-refractivity contribution in [2.24, 2.45) is 0 Å². The van der Waals surface area contributed by atoms with Crippen molar-refractivity contribution in [3.05, 3.63) is 71.8 Å². The molecule has 0 aliphatic carbocycles. The Balaban J connectivity index is 1.64. The highest BCUT2D eigenvalue weighted by atomic mass is 35.5. The zero-order chi connectivity index (χ0) is 28.8. The summed E-state index contributed by atoms with van der Waals surface area (Å²) in [7, 11) is 7.52. The second kappa shape index (κ2) is 12.9. The van der Waals surface area contributed by atoms with Crippen molar-refractivity contribution in [3.63, 3.8) is 0 Å². The van der Waals surface area contributed by atoms with Crippen LogP contribution in [0.4, 0.5) is 33.1 Å². The molecular weight excluding hydrogens is 537 g/mol. The van der Waals surface area contributed by atoms with E-state index in [1.807, 2.05) is 32.1 Å². The van der Waals surface area contributed by atoms with E-state index in [-0.39, 0.29) is 11.9 Å². The van der Waals surface area contributed by atoms with Gasteiger partial charge in [0.05, 0.1) is 36.8 Å². The fourth-order valence-electron chi connectivity index (χ4n) is 4.35. The monoisotopic (exact) mass is 569 g/mol. The first-order chi connectivity index (χ1) is 19.2. The number of rotatable bonds is 11. The first-order valence-electron chi connectivity index (χ1n) is 12.7. The number of aromatic nitrogens is 2. The molecule has 0 unspecified atom stereocenters. The molecule has 1 saturated heterocycles. The molecule has 2 aromatic carbocycles. The number of halogens is 2. The Hall–Kier alpha value is -3.93. The molecule has 0 radical (unpaired) electrons. The van der Waals surface area contributed by atoms with Gasteiger partial charge in [-0.25, -0.2) is 19.4 Å². The van der Waals surface area contributed by atoms with E-state index in [1.54, 1.807) is 30.4 Å². The third-order valence-corrected chi connectivity index (χ3v) is 6.59. The molecule has 3 aromatic rings. The lowest BCUT2D eigenvalue weighted by atomic mass is 10.0. The fraction of sp³-hybridized carbons (Fsp3) is 0.321. The van der Waals surface area contributed by atoms with Crippen LogP contribution in [0.25, 0.3) is 0 Å². The molecule has 1 aliphatic heterocycles. The highest BCUT2D eigenvalue weighted by Gasteiger charge is 2.30. The van der Waals surface area contributed by atoms with Crippen molar-refractivity contribution < 1.29 is 18.8 Å². The van der Waals surface area contributed by atoms with Crippen molar-refractivity contribution in [1.29, 1.82) is 0 Å². The molecule has 0 spiro atoms. The maximum Gasteiger partial charge on any atom is 0.247 e. The molecule has 0 saturated carbocycles.